The Labute approximate surface area is 135 Å². The van der Waals surface area contributed by atoms with Crippen molar-refractivity contribution in [2.45, 2.75) is 26.4 Å². The van der Waals surface area contributed by atoms with Crippen LogP contribution < -0.4 is 10.6 Å². The lowest BCUT2D eigenvalue weighted by Gasteiger charge is -2.16. The van der Waals surface area contributed by atoms with Gasteiger partial charge in [-0.15, -0.1) is 0 Å². The number of hydrogen-bond donors (Lipinski definition) is 3. The van der Waals surface area contributed by atoms with E-state index in [0.717, 1.165) is 23.2 Å². The average Bonchev–Trinajstić information content (AvgIpc) is 2.54. The molecule has 0 heterocycles. The van der Waals surface area contributed by atoms with Gasteiger partial charge in [-0.3, -0.25) is 0 Å². The Balaban J connectivity index is 1.96. The van der Waals surface area contributed by atoms with Crippen LogP contribution in [-0.4, -0.2) is 17.7 Å². The van der Waals surface area contributed by atoms with Crippen molar-refractivity contribution in [3.63, 3.8) is 0 Å². The van der Waals surface area contributed by atoms with Gasteiger partial charge in [-0.25, -0.2) is 9.18 Å². The van der Waals surface area contributed by atoms with Gasteiger partial charge in [-0.1, -0.05) is 37.3 Å². The van der Waals surface area contributed by atoms with E-state index < -0.39 is 18.0 Å². The summed E-state index contributed by atoms with van der Waals surface area (Å²) in [7, 11) is 0. The van der Waals surface area contributed by atoms with Crippen molar-refractivity contribution in [1.82, 2.24) is 5.32 Å². The number of rotatable bonds is 5. The Morgan fingerprint density at radius 2 is 2.00 bits per heavy atom. The molecule has 2 amide bonds. The highest BCUT2D eigenvalue weighted by atomic mass is 19.1. The summed E-state index contributed by atoms with van der Waals surface area (Å²) in [5, 5.41) is 15.4. The van der Waals surface area contributed by atoms with E-state index in [-0.39, 0.29) is 6.54 Å². The van der Waals surface area contributed by atoms with Gasteiger partial charge >= 0.3 is 6.03 Å². The molecular weight excluding hydrogens is 295 g/mol. The summed E-state index contributed by atoms with van der Waals surface area (Å²) in [5.74, 6) is -0.418. The summed E-state index contributed by atoms with van der Waals surface area (Å²) < 4.78 is 13.1. The first-order valence-electron chi connectivity index (χ1n) is 7.58. The van der Waals surface area contributed by atoms with Crippen molar-refractivity contribution in [2.75, 3.05) is 11.9 Å². The number of aliphatic hydroxyl groups excluding tert-OH is 1. The molecule has 2 rings (SSSR count). The van der Waals surface area contributed by atoms with Crippen molar-refractivity contribution in [2.24, 2.45) is 0 Å². The number of urea groups is 1. The first kappa shape index (κ1) is 17.0. The SMILES string of the molecule is CCc1cccc(C)c1NC(=O)NC[C@H](O)c1cccc(F)c1. The van der Waals surface area contributed by atoms with Gasteiger partial charge in [-0.05, 0) is 42.2 Å². The second-order valence-corrected chi connectivity index (χ2v) is 5.37. The highest BCUT2D eigenvalue weighted by molar-refractivity contribution is 5.91. The zero-order valence-corrected chi connectivity index (χ0v) is 13.3. The van der Waals surface area contributed by atoms with E-state index in [1.54, 1.807) is 6.07 Å². The van der Waals surface area contributed by atoms with E-state index in [9.17, 15) is 14.3 Å². The number of anilines is 1. The number of carbonyl (C=O) groups is 1. The molecule has 3 N–H and O–H groups in total. The zero-order chi connectivity index (χ0) is 16.8. The third-order valence-electron chi connectivity index (χ3n) is 3.67. The Bertz CT molecular complexity index is 688. The predicted molar refractivity (Wildman–Crippen MR) is 88.9 cm³/mol. The predicted octanol–water partition coefficient (Wildman–Crippen LogP) is 3.55. The summed E-state index contributed by atoms with van der Waals surface area (Å²) in [5.41, 5.74) is 3.24. The quantitative estimate of drug-likeness (QED) is 0.790. The molecule has 0 aromatic heterocycles. The topological polar surface area (TPSA) is 61.4 Å². The number of nitrogens with one attached hydrogen (secondary N) is 2. The largest absolute Gasteiger partial charge is 0.387 e. The standard InChI is InChI=1S/C18H21FN2O2/c1-3-13-7-4-6-12(2)17(13)21-18(23)20-11-16(22)14-8-5-9-15(19)10-14/h4-10,16,22H,3,11H2,1-2H3,(H2,20,21,23)/t16-/m0/s1. The second kappa shape index (κ2) is 7.74. The molecule has 4 nitrogen and oxygen atoms in total. The third kappa shape index (κ3) is 4.53. The molecule has 23 heavy (non-hydrogen) atoms. The molecule has 122 valence electrons. The maximum atomic E-state index is 13.1. The number of aliphatic hydroxyl groups is 1. The van der Waals surface area contributed by atoms with Crippen LogP contribution in [0.1, 0.15) is 29.7 Å². The summed E-state index contributed by atoms with van der Waals surface area (Å²) in [6, 6.07) is 11.1. The van der Waals surface area contributed by atoms with Gasteiger partial charge in [0.1, 0.15) is 5.82 Å². The van der Waals surface area contributed by atoms with Gasteiger partial charge in [0, 0.05) is 12.2 Å². The maximum Gasteiger partial charge on any atom is 0.319 e. The lowest BCUT2D eigenvalue weighted by molar-refractivity contribution is 0.174. The highest BCUT2D eigenvalue weighted by Crippen LogP contribution is 2.21. The van der Waals surface area contributed by atoms with Gasteiger partial charge in [0.25, 0.3) is 0 Å². The van der Waals surface area contributed by atoms with Crippen LogP contribution >= 0.6 is 0 Å². The molecule has 2 aromatic rings. The van der Waals surface area contributed by atoms with Gasteiger partial charge in [0.2, 0.25) is 0 Å². The molecule has 0 bridgehead atoms. The molecule has 0 saturated carbocycles. The van der Waals surface area contributed by atoms with Crippen LogP contribution in [0.15, 0.2) is 42.5 Å². The number of amides is 2. The second-order valence-electron chi connectivity index (χ2n) is 5.37. The van der Waals surface area contributed by atoms with Gasteiger partial charge in [-0.2, -0.15) is 0 Å². The van der Waals surface area contributed by atoms with Crippen molar-refractivity contribution in [3.05, 3.63) is 65.0 Å². The van der Waals surface area contributed by atoms with Crippen molar-refractivity contribution in [3.8, 4) is 0 Å². The lowest BCUT2D eigenvalue weighted by Crippen LogP contribution is -2.33. The Morgan fingerprint density at radius 1 is 1.26 bits per heavy atom. The Hall–Kier alpha value is -2.40. The molecule has 0 radical (unpaired) electrons. The average molecular weight is 316 g/mol. The molecular formula is C18H21FN2O2. The molecule has 5 heteroatoms. The zero-order valence-electron chi connectivity index (χ0n) is 13.3. The number of carbonyl (C=O) groups excluding carboxylic acids is 1. The summed E-state index contributed by atoms with van der Waals surface area (Å²) in [6.45, 7) is 3.95. The van der Waals surface area contributed by atoms with Crippen LogP contribution in [-0.2, 0) is 6.42 Å². The fourth-order valence-corrected chi connectivity index (χ4v) is 2.38. The summed E-state index contributed by atoms with van der Waals surface area (Å²) in [6.07, 6.45) is -0.151. The van der Waals surface area contributed by atoms with Crippen LogP contribution in [0.3, 0.4) is 0 Å². The van der Waals surface area contributed by atoms with Gasteiger partial charge < -0.3 is 15.7 Å². The van der Waals surface area contributed by atoms with Crippen LogP contribution in [0.25, 0.3) is 0 Å². The van der Waals surface area contributed by atoms with Crippen molar-refractivity contribution >= 4 is 11.7 Å². The lowest BCUT2D eigenvalue weighted by atomic mass is 10.1. The number of aryl methyl sites for hydroxylation is 2. The highest BCUT2D eigenvalue weighted by Gasteiger charge is 2.12. The number of para-hydroxylation sites is 1. The van der Waals surface area contributed by atoms with E-state index >= 15 is 0 Å². The Morgan fingerprint density at radius 3 is 2.70 bits per heavy atom. The van der Waals surface area contributed by atoms with E-state index in [1.165, 1.54) is 18.2 Å². The van der Waals surface area contributed by atoms with E-state index in [0.29, 0.717) is 5.56 Å². The third-order valence-corrected chi connectivity index (χ3v) is 3.67. The fraction of sp³-hybridized carbons (Fsp3) is 0.278. The van der Waals surface area contributed by atoms with E-state index in [1.807, 2.05) is 32.0 Å². The van der Waals surface area contributed by atoms with Gasteiger partial charge in [0.15, 0.2) is 0 Å². The summed E-state index contributed by atoms with van der Waals surface area (Å²) >= 11 is 0. The number of benzene rings is 2. The molecule has 2 aromatic carbocycles. The monoisotopic (exact) mass is 316 g/mol. The first-order chi connectivity index (χ1) is 11.0. The molecule has 0 unspecified atom stereocenters. The molecule has 0 aliphatic heterocycles. The van der Waals surface area contributed by atoms with Crippen LogP contribution in [0.5, 0.6) is 0 Å². The molecule has 0 spiro atoms. The molecule has 1 atom stereocenters. The molecule has 0 saturated heterocycles. The fourth-order valence-electron chi connectivity index (χ4n) is 2.38. The maximum absolute atomic E-state index is 13.1. The van der Waals surface area contributed by atoms with Crippen LogP contribution in [0, 0.1) is 12.7 Å². The Kier molecular flexibility index (Phi) is 5.71. The minimum absolute atomic E-state index is 0.00261. The first-order valence-corrected chi connectivity index (χ1v) is 7.58. The van der Waals surface area contributed by atoms with E-state index in [4.69, 9.17) is 0 Å². The minimum atomic E-state index is -0.959. The summed E-state index contributed by atoms with van der Waals surface area (Å²) in [4.78, 5) is 12.0. The normalized spacial score (nSPS) is 11.8. The van der Waals surface area contributed by atoms with Crippen LogP contribution in [0.2, 0.25) is 0 Å². The van der Waals surface area contributed by atoms with Crippen molar-refractivity contribution < 1.29 is 14.3 Å². The van der Waals surface area contributed by atoms with E-state index in [2.05, 4.69) is 10.6 Å². The van der Waals surface area contributed by atoms with Crippen LogP contribution in [0.4, 0.5) is 14.9 Å². The smallest absolute Gasteiger partial charge is 0.319 e. The minimum Gasteiger partial charge on any atom is -0.387 e. The molecule has 0 fully saturated rings. The van der Waals surface area contributed by atoms with Crippen molar-refractivity contribution in [1.29, 1.82) is 0 Å². The number of halogens is 1. The molecule has 0 aliphatic rings. The van der Waals surface area contributed by atoms with Gasteiger partial charge in [0.05, 0.1) is 6.10 Å². The number of hydrogen-bond acceptors (Lipinski definition) is 2. The molecule has 0 aliphatic carbocycles.